The zero-order valence-corrected chi connectivity index (χ0v) is 23.7. The average molecular weight is 521 g/mol. The summed E-state index contributed by atoms with van der Waals surface area (Å²) in [6, 6.07) is 9.86. The maximum atomic E-state index is 6.82. The Kier molecular flexibility index (Phi) is 7.93. The second kappa shape index (κ2) is 11.2. The van der Waals surface area contributed by atoms with E-state index in [0.717, 1.165) is 74.1 Å². The predicted molar refractivity (Wildman–Crippen MR) is 152 cm³/mol. The summed E-state index contributed by atoms with van der Waals surface area (Å²) in [4.78, 5) is 17.5. The molecule has 0 spiro atoms. The molecule has 1 aliphatic carbocycles. The number of aromatic amines is 1. The van der Waals surface area contributed by atoms with Gasteiger partial charge in [-0.2, -0.15) is 9.97 Å². The van der Waals surface area contributed by atoms with Crippen molar-refractivity contribution >= 4 is 16.9 Å². The van der Waals surface area contributed by atoms with Gasteiger partial charge in [-0.05, 0) is 50.7 Å². The lowest BCUT2D eigenvalue weighted by atomic mass is 10.0. The Hall–Kier alpha value is -2.68. The average Bonchev–Trinajstić information content (AvgIpc) is 3.28. The zero-order chi connectivity index (χ0) is 26.9. The van der Waals surface area contributed by atoms with Gasteiger partial charge in [0.25, 0.3) is 0 Å². The van der Waals surface area contributed by atoms with E-state index in [9.17, 15) is 0 Å². The van der Waals surface area contributed by atoms with Gasteiger partial charge < -0.3 is 20.2 Å². The first kappa shape index (κ1) is 26.9. The van der Waals surface area contributed by atoms with E-state index in [-0.39, 0.29) is 11.7 Å². The number of nitrogens with two attached hydrogens (primary N) is 1. The molecule has 2 fully saturated rings. The van der Waals surface area contributed by atoms with Crippen molar-refractivity contribution in [2.75, 3.05) is 38.5 Å². The Morgan fingerprint density at radius 3 is 2.47 bits per heavy atom. The molecule has 0 radical (unpaired) electrons. The third-order valence-electron chi connectivity index (χ3n) is 8.38. The molecule has 3 heterocycles. The number of benzene rings is 1. The number of nitrogens with zero attached hydrogens (tertiary/aromatic N) is 4. The number of anilines is 1. The molecule has 3 atom stereocenters. The lowest BCUT2D eigenvalue weighted by Gasteiger charge is -2.37. The number of H-pyrrole nitrogens is 1. The molecule has 1 aromatic carbocycles. The highest BCUT2D eigenvalue weighted by molar-refractivity contribution is 5.88. The summed E-state index contributed by atoms with van der Waals surface area (Å²) in [5.41, 5.74) is 11.0. The quantitative estimate of drug-likeness (QED) is 0.338. The van der Waals surface area contributed by atoms with Crippen molar-refractivity contribution in [3.8, 4) is 6.01 Å². The fraction of sp³-hybridized carbons (Fsp3) is 0.600. The number of hydrogen-bond donors (Lipinski definition) is 2. The maximum absolute atomic E-state index is 6.82. The molecule has 1 saturated heterocycles. The van der Waals surface area contributed by atoms with Crippen LogP contribution in [0.3, 0.4) is 0 Å². The lowest BCUT2D eigenvalue weighted by molar-refractivity contribution is -0.00766. The van der Waals surface area contributed by atoms with Crippen LogP contribution in [0.1, 0.15) is 76.7 Å². The Balaban J connectivity index is 1.39. The summed E-state index contributed by atoms with van der Waals surface area (Å²) in [5, 5.41) is 0. The van der Waals surface area contributed by atoms with Crippen molar-refractivity contribution in [2.24, 2.45) is 5.92 Å². The predicted octanol–water partition coefficient (Wildman–Crippen LogP) is 5.15. The molecule has 5 rings (SSSR count). The van der Waals surface area contributed by atoms with E-state index in [1.54, 1.807) is 0 Å². The van der Waals surface area contributed by atoms with Gasteiger partial charge in [-0.1, -0.05) is 44.5 Å². The second-order valence-electron chi connectivity index (χ2n) is 11.6. The normalized spacial score (nSPS) is 23.3. The topological polar surface area (TPSA) is 92.5 Å². The standard InChI is InChI=1S/C30H44N6O2/c1-6-7-16-37-29-33-25-24(18-32-26(25)28(31)34-29)27(38-30(5)17-21(30)4)23-10-8-22(9-11-23)19-35-12-14-36(15-13-35)20(2)3/h8-11,18,20-21,27,32H,6-7,12-17,19H2,1-5H3,(H2,31,33,34). The van der Waals surface area contributed by atoms with Gasteiger partial charge >= 0.3 is 6.01 Å². The molecule has 3 aromatic rings. The number of nitrogen functional groups attached to an aromatic ring is 1. The highest BCUT2D eigenvalue weighted by Gasteiger charge is 2.50. The number of ether oxygens (including phenoxy) is 2. The summed E-state index contributed by atoms with van der Waals surface area (Å²) in [5.74, 6) is 0.914. The molecular weight excluding hydrogens is 476 g/mol. The molecule has 2 aromatic heterocycles. The van der Waals surface area contributed by atoms with Gasteiger partial charge in [0.05, 0.1) is 12.2 Å². The van der Waals surface area contributed by atoms with Gasteiger partial charge in [-0.3, -0.25) is 9.80 Å². The van der Waals surface area contributed by atoms with E-state index < -0.39 is 0 Å². The Labute approximate surface area is 226 Å². The maximum Gasteiger partial charge on any atom is 0.319 e. The minimum atomic E-state index is -0.264. The van der Waals surface area contributed by atoms with E-state index in [1.165, 1.54) is 5.56 Å². The number of unbranched alkanes of at least 4 members (excludes halogenated alkanes) is 1. The van der Waals surface area contributed by atoms with Crippen molar-refractivity contribution in [1.29, 1.82) is 0 Å². The highest BCUT2D eigenvalue weighted by Crippen LogP contribution is 2.50. The van der Waals surface area contributed by atoms with E-state index in [0.29, 0.717) is 30.4 Å². The van der Waals surface area contributed by atoms with Gasteiger partial charge in [0, 0.05) is 50.5 Å². The first-order valence-electron chi connectivity index (χ1n) is 14.3. The van der Waals surface area contributed by atoms with Crippen LogP contribution in [0.5, 0.6) is 6.01 Å². The van der Waals surface area contributed by atoms with Crippen molar-refractivity contribution in [3.05, 3.63) is 47.2 Å². The van der Waals surface area contributed by atoms with Crippen molar-refractivity contribution < 1.29 is 9.47 Å². The first-order chi connectivity index (χ1) is 18.3. The molecule has 3 N–H and O–H groups in total. The number of hydrogen-bond acceptors (Lipinski definition) is 7. The van der Waals surface area contributed by atoms with Gasteiger partial charge in [-0.25, -0.2) is 0 Å². The van der Waals surface area contributed by atoms with Crippen LogP contribution < -0.4 is 10.5 Å². The number of fused-ring (bicyclic) bond motifs is 1. The lowest BCUT2D eigenvalue weighted by Crippen LogP contribution is -2.48. The monoisotopic (exact) mass is 520 g/mol. The Morgan fingerprint density at radius 2 is 1.84 bits per heavy atom. The van der Waals surface area contributed by atoms with Crippen molar-refractivity contribution in [2.45, 2.75) is 78.2 Å². The van der Waals surface area contributed by atoms with Crippen molar-refractivity contribution in [1.82, 2.24) is 24.8 Å². The third-order valence-corrected chi connectivity index (χ3v) is 8.38. The van der Waals surface area contributed by atoms with Crippen LogP contribution >= 0.6 is 0 Å². The zero-order valence-electron chi connectivity index (χ0n) is 23.7. The minimum absolute atomic E-state index is 0.151. The second-order valence-corrected chi connectivity index (χ2v) is 11.6. The van der Waals surface area contributed by atoms with Crippen LogP contribution in [0.25, 0.3) is 11.0 Å². The van der Waals surface area contributed by atoms with Crippen LogP contribution in [-0.2, 0) is 11.3 Å². The van der Waals surface area contributed by atoms with Crippen LogP contribution in [-0.4, -0.2) is 69.2 Å². The van der Waals surface area contributed by atoms with Gasteiger partial charge in [0.2, 0.25) is 0 Å². The van der Waals surface area contributed by atoms with Crippen LogP contribution in [0.15, 0.2) is 30.5 Å². The molecule has 0 amide bonds. The van der Waals surface area contributed by atoms with E-state index in [4.69, 9.17) is 20.2 Å². The molecule has 2 aliphatic rings. The van der Waals surface area contributed by atoms with Crippen LogP contribution in [0, 0.1) is 5.92 Å². The molecular formula is C30H44N6O2. The Morgan fingerprint density at radius 1 is 1.13 bits per heavy atom. The van der Waals surface area contributed by atoms with Crippen LogP contribution in [0.4, 0.5) is 5.82 Å². The summed E-state index contributed by atoms with van der Waals surface area (Å²) in [7, 11) is 0. The minimum Gasteiger partial charge on any atom is -0.463 e. The van der Waals surface area contributed by atoms with Crippen molar-refractivity contribution in [3.63, 3.8) is 0 Å². The first-order valence-corrected chi connectivity index (χ1v) is 14.3. The number of aromatic nitrogens is 3. The highest BCUT2D eigenvalue weighted by atomic mass is 16.5. The molecule has 1 aliphatic heterocycles. The fourth-order valence-corrected chi connectivity index (χ4v) is 5.39. The summed E-state index contributed by atoms with van der Waals surface area (Å²) in [6.07, 6.45) is 4.75. The van der Waals surface area contributed by atoms with Gasteiger partial charge in [0.1, 0.15) is 17.1 Å². The molecule has 206 valence electrons. The number of piperazine rings is 1. The van der Waals surface area contributed by atoms with E-state index in [1.807, 2.05) is 6.20 Å². The Bertz CT molecular complexity index is 1220. The number of nitrogens with one attached hydrogen (secondary N) is 1. The molecule has 0 bridgehead atoms. The largest absolute Gasteiger partial charge is 0.463 e. The SMILES string of the molecule is CCCCOc1nc(N)c2[nH]cc(C(OC3(C)CC3C)c3ccc(CN4CCN(C(C)C)CC4)cc3)c2n1. The summed E-state index contributed by atoms with van der Waals surface area (Å²) >= 11 is 0. The van der Waals surface area contributed by atoms with Gasteiger partial charge in [0.15, 0.2) is 5.82 Å². The van der Waals surface area contributed by atoms with Crippen LogP contribution in [0.2, 0.25) is 0 Å². The number of rotatable bonds is 11. The smallest absolute Gasteiger partial charge is 0.319 e. The molecule has 8 heteroatoms. The summed E-state index contributed by atoms with van der Waals surface area (Å²) in [6.45, 7) is 17.2. The van der Waals surface area contributed by atoms with Gasteiger partial charge in [-0.15, -0.1) is 0 Å². The summed E-state index contributed by atoms with van der Waals surface area (Å²) < 4.78 is 12.6. The van der Waals surface area contributed by atoms with E-state index in [2.05, 4.69) is 78.7 Å². The molecule has 38 heavy (non-hydrogen) atoms. The van der Waals surface area contributed by atoms with E-state index >= 15 is 0 Å². The molecule has 3 unspecified atom stereocenters. The fourth-order valence-electron chi connectivity index (χ4n) is 5.39. The molecule has 1 saturated carbocycles. The third kappa shape index (κ3) is 5.82. The molecule has 8 nitrogen and oxygen atoms in total.